The standard InChI is InChI=1S/C18H21N5O/c1-12(17-22-20-11-23(17)15-4-2-3-5-15)21-18(24)14-7-6-13-8-9-19-16(13)10-14/h6-12,15,19H,2-5H2,1H3,(H,21,24). The van der Waals surface area contributed by atoms with Gasteiger partial charge in [-0.15, -0.1) is 10.2 Å². The highest BCUT2D eigenvalue weighted by atomic mass is 16.1. The average molecular weight is 323 g/mol. The molecule has 0 bridgehead atoms. The molecule has 24 heavy (non-hydrogen) atoms. The van der Waals surface area contributed by atoms with Crippen LogP contribution >= 0.6 is 0 Å². The largest absolute Gasteiger partial charge is 0.361 e. The maximum absolute atomic E-state index is 12.6. The van der Waals surface area contributed by atoms with Crippen LogP contribution in [0, 0.1) is 0 Å². The summed E-state index contributed by atoms with van der Waals surface area (Å²) in [6, 6.07) is 7.94. The highest BCUT2D eigenvalue weighted by Gasteiger charge is 2.23. The molecule has 0 aliphatic heterocycles. The summed E-state index contributed by atoms with van der Waals surface area (Å²) < 4.78 is 2.13. The lowest BCUT2D eigenvalue weighted by Crippen LogP contribution is -2.29. The number of benzene rings is 1. The summed E-state index contributed by atoms with van der Waals surface area (Å²) in [6.45, 7) is 1.96. The second-order valence-corrected chi connectivity index (χ2v) is 6.51. The Balaban J connectivity index is 1.52. The summed E-state index contributed by atoms with van der Waals surface area (Å²) in [6.07, 6.45) is 8.49. The van der Waals surface area contributed by atoms with Crippen molar-refractivity contribution in [1.29, 1.82) is 0 Å². The van der Waals surface area contributed by atoms with Crippen molar-refractivity contribution in [3.05, 3.63) is 48.2 Å². The van der Waals surface area contributed by atoms with Crippen molar-refractivity contribution in [2.75, 3.05) is 0 Å². The van der Waals surface area contributed by atoms with E-state index in [4.69, 9.17) is 0 Å². The minimum atomic E-state index is -0.181. The molecule has 1 unspecified atom stereocenters. The molecule has 6 nitrogen and oxygen atoms in total. The van der Waals surface area contributed by atoms with E-state index in [2.05, 4.69) is 25.1 Å². The van der Waals surface area contributed by atoms with Crippen LogP contribution < -0.4 is 5.32 Å². The summed E-state index contributed by atoms with van der Waals surface area (Å²) >= 11 is 0. The Bertz CT molecular complexity index is 859. The topological polar surface area (TPSA) is 75.6 Å². The first-order valence-electron chi connectivity index (χ1n) is 8.50. The molecule has 1 aromatic carbocycles. The number of aromatic nitrogens is 4. The number of aromatic amines is 1. The van der Waals surface area contributed by atoms with Crippen molar-refractivity contribution in [3.8, 4) is 0 Å². The summed E-state index contributed by atoms with van der Waals surface area (Å²) in [5.74, 6) is 0.733. The first kappa shape index (κ1) is 14.9. The third-order valence-corrected chi connectivity index (χ3v) is 4.87. The summed E-state index contributed by atoms with van der Waals surface area (Å²) in [5.41, 5.74) is 1.60. The maximum Gasteiger partial charge on any atom is 0.251 e. The van der Waals surface area contributed by atoms with Gasteiger partial charge in [-0.3, -0.25) is 4.79 Å². The number of fused-ring (bicyclic) bond motifs is 1. The van der Waals surface area contributed by atoms with Crippen LogP contribution in [0.5, 0.6) is 0 Å². The first-order valence-corrected chi connectivity index (χ1v) is 8.50. The van der Waals surface area contributed by atoms with E-state index in [0.717, 1.165) is 29.6 Å². The number of hydrogen-bond acceptors (Lipinski definition) is 3. The Morgan fingerprint density at radius 2 is 2.17 bits per heavy atom. The fraction of sp³-hybridized carbons (Fsp3) is 0.389. The molecule has 124 valence electrons. The predicted octanol–water partition coefficient (Wildman–Crippen LogP) is 3.37. The normalized spacial score (nSPS) is 16.5. The van der Waals surface area contributed by atoms with Crippen LogP contribution in [0.15, 0.2) is 36.8 Å². The lowest BCUT2D eigenvalue weighted by Gasteiger charge is -2.18. The van der Waals surface area contributed by atoms with Gasteiger partial charge in [0.1, 0.15) is 6.33 Å². The Kier molecular flexibility index (Phi) is 3.80. The van der Waals surface area contributed by atoms with Crippen LogP contribution in [0.3, 0.4) is 0 Å². The third-order valence-electron chi connectivity index (χ3n) is 4.87. The second kappa shape index (κ2) is 6.11. The van der Waals surface area contributed by atoms with Gasteiger partial charge in [-0.25, -0.2) is 0 Å². The van der Waals surface area contributed by atoms with Crippen LogP contribution in [0.1, 0.15) is 60.9 Å². The number of carbonyl (C=O) groups is 1. The number of amides is 1. The van der Waals surface area contributed by atoms with Crippen LogP contribution in [0.4, 0.5) is 0 Å². The van der Waals surface area contributed by atoms with Crippen molar-refractivity contribution < 1.29 is 4.79 Å². The highest BCUT2D eigenvalue weighted by Crippen LogP contribution is 2.31. The van der Waals surface area contributed by atoms with Crippen molar-refractivity contribution >= 4 is 16.8 Å². The number of rotatable bonds is 4. The van der Waals surface area contributed by atoms with E-state index in [1.807, 2.05) is 37.4 Å². The molecule has 0 spiro atoms. The van der Waals surface area contributed by atoms with Gasteiger partial charge >= 0.3 is 0 Å². The Morgan fingerprint density at radius 3 is 3.00 bits per heavy atom. The predicted molar refractivity (Wildman–Crippen MR) is 91.7 cm³/mol. The van der Waals surface area contributed by atoms with E-state index in [-0.39, 0.29) is 11.9 Å². The molecular formula is C18H21N5O. The first-order chi connectivity index (χ1) is 11.7. The molecule has 2 N–H and O–H groups in total. The van der Waals surface area contributed by atoms with E-state index >= 15 is 0 Å². The van der Waals surface area contributed by atoms with Gasteiger partial charge in [0.05, 0.1) is 6.04 Å². The minimum Gasteiger partial charge on any atom is -0.361 e. The lowest BCUT2D eigenvalue weighted by atomic mass is 10.1. The van der Waals surface area contributed by atoms with Gasteiger partial charge in [0.15, 0.2) is 5.82 Å². The van der Waals surface area contributed by atoms with Gasteiger partial charge in [-0.05, 0) is 43.4 Å². The van der Waals surface area contributed by atoms with Crippen molar-refractivity contribution in [1.82, 2.24) is 25.1 Å². The summed E-state index contributed by atoms with van der Waals surface area (Å²) in [7, 11) is 0. The van der Waals surface area contributed by atoms with E-state index in [1.54, 1.807) is 6.33 Å². The van der Waals surface area contributed by atoms with E-state index in [0.29, 0.717) is 11.6 Å². The number of hydrogen-bond donors (Lipinski definition) is 2. The highest BCUT2D eigenvalue weighted by molar-refractivity contribution is 5.98. The van der Waals surface area contributed by atoms with E-state index in [9.17, 15) is 4.79 Å². The second-order valence-electron chi connectivity index (χ2n) is 6.51. The van der Waals surface area contributed by atoms with Crippen LogP contribution in [0.2, 0.25) is 0 Å². The zero-order valence-electron chi connectivity index (χ0n) is 13.7. The van der Waals surface area contributed by atoms with Gasteiger partial charge in [0.25, 0.3) is 5.91 Å². The van der Waals surface area contributed by atoms with Gasteiger partial charge in [0, 0.05) is 23.3 Å². The molecule has 4 rings (SSSR count). The number of nitrogens with one attached hydrogen (secondary N) is 2. The molecule has 1 amide bonds. The van der Waals surface area contributed by atoms with Gasteiger partial charge in [0.2, 0.25) is 0 Å². The Labute approximate surface area is 140 Å². The molecule has 0 radical (unpaired) electrons. The molecule has 2 aromatic heterocycles. The molecule has 1 aliphatic rings. The molecule has 0 saturated heterocycles. The Hall–Kier alpha value is -2.63. The van der Waals surface area contributed by atoms with Crippen molar-refractivity contribution in [2.45, 2.75) is 44.7 Å². The van der Waals surface area contributed by atoms with Gasteiger partial charge in [-0.1, -0.05) is 18.9 Å². The SMILES string of the molecule is CC(NC(=O)c1ccc2cc[nH]c2c1)c1nncn1C1CCCC1. The summed E-state index contributed by atoms with van der Waals surface area (Å²) in [5, 5.41) is 12.4. The molecule has 1 fully saturated rings. The smallest absolute Gasteiger partial charge is 0.251 e. The monoisotopic (exact) mass is 323 g/mol. The van der Waals surface area contributed by atoms with Gasteiger partial charge in [-0.2, -0.15) is 0 Å². The third kappa shape index (κ3) is 2.68. The summed E-state index contributed by atoms with van der Waals surface area (Å²) in [4.78, 5) is 15.7. The molecule has 6 heteroatoms. The molecule has 1 aliphatic carbocycles. The van der Waals surface area contributed by atoms with E-state index in [1.165, 1.54) is 12.8 Å². The number of nitrogens with zero attached hydrogens (tertiary/aromatic N) is 3. The molecule has 3 aromatic rings. The van der Waals surface area contributed by atoms with Gasteiger partial charge < -0.3 is 14.9 Å². The quantitative estimate of drug-likeness (QED) is 0.773. The molecule has 1 atom stereocenters. The lowest BCUT2D eigenvalue weighted by molar-refractivity contribution is 0.0937. The van der Waals surface area contributed by atoms with Crippen LogP contribution in [0.25, 0.3) is 10.9 Å². The molecule has 1 saturated carbocycles. The van der Waals surface area contributed by atoms with E-state index < -0.39 is 0 Å². The van der Waals surface area contributed by atoms with Crippen molar-refractivity contribution in [2.24, 2.45) is 0 Å². The maximum atomic E-state index is 12.6. The fourth-order valence-electron chi connectivity index (χ4n) is 3.56. The fourth-order valence-corrected chi connectivity index (χ4v) is 3.56. The average Bonchev–Trinajstić information content (AvgIpc) is 3.32. The number of H-pyrrole nitrogens is 1. The van der Waals surface area contributed by atoms with Crippen LogP contribution in [-0.4, -0.2) is 25.7 Å². The van der Waals surface area contributed by atoms with Crippen LogP contribution in [-0.2, 0) is 0 Å². The molecular weight excluding hydrogens is 302 g/mol. The van der Waals surface area contributed by atoms with Crippen molar-refractivity contribution in [3.63, 3.8) is 0 Å². The zero-order valence-corrected chi connectivity index (χ0v) is 13.7. The zero-order chi connectivity index (χ0) is 16.5. The molecule has 2 heterocycles. The number of carbonyl (C=O) groups excluding carboxylic acids is 1. The Morgan fingerprint density at radius 1 is 1.33 bits per heavy atom. The minimum absolute atomic E-state index is 0.0972.